The quantitative estimate of drug-likeness (QED) is 0.155. The van der Waals surface area contributed by atoms with Gasteiger partial charge in [0.05, 0.1) is 0 Å². The third kappa shape index (κ3) is 8.62. The highest BCUT2D eigenvalue weighted by Crippen LogP contribution is 2.31. The second-order valence-corrected chi connectivity index (χ2v) is 9.11. The Balaban J connectivity index is 1.48. The average Bonchev–Trinajstić information content (AvgIpc) is 2.96. The minimum Gasteiger partial charge on any atom is -0.485 e. The Bertz CT molecular complexity index is 1240. The van der Waals surface area contributed by atoms with Crippen LogP contribution in [0.2, 0.25) is 0 Å². The van der Waals surface area contributed by atoms with Gasteiger partial charge in [0.25, 0.3) is 0 Å². The lowest BCUT2D eigenvalue weighted by Crippen LogP contribution is -2.36. The Morgan fingerprint density at radius 3 is 1.97 bits per heavy atom. The third-order valence-corrected chi connectivity index (χ3v) is 6.22. The summed E-state index contributed by atoms with van der Waals surface area (Å²) in [5.41, 5.74) is 10.1. The maximum absolute atomic E-state index is 6.24. The van der Waals surface area contributed by atoms with Crippen LogP contribution < -0.4 is 19.8 Å². The topological polar surface area (TPSA) is 48.4 Å². The molecule has 0 aliphatic heterocycles. The molecule has 190 valence electrons. The highest BCUT2D eigenvalue weighted by molar-refractivity contribution is 5.68. The lowest BCUT2D eigenvalue weighted by molar-refractivity contribution is -0.699. The first-order valence-corrected chi connectivity index (χ1v) is 13.2. The fraction of sp³-hybridized carbons (Fsp3) is 0.242. The van der Waals surface area contributed by atoms with Gasteiger partial charge < -0.3 is 15.2 Å². The van der Waals surface area contributed by atoms with E-state index in [1.54, 1.807) is 0 Å². The number of benzene rings is 3. The lowest BCUT2D eigenvalue weighted by Gasteiger charge is -2.14. The number of aryl methyl sites for hydroxylation is 1. The van der Waals surface area contributed by atoms with Crippen molar-refractivity contribution in [2.45, 2.75) is 45.4 Å². The van der Waals surface area contributed by atoms with Crippen LogP contribution in [-0.4, -0.2) is 6.54 Å². The van der Waals surface area contributed by atoms with Crippen LogP contribution in [0.25, 0.3) is 12.2 Å². The highest BCUT2D eigenvalue weighted by Gasteiger charge is 2.09. The second kappa shape index (κ2) is 14.6. The number of nitrogens with zero attached hydrogens (tertiary/aromatic N) is 1. The molecule has 1 heterocycles. The normalized spacial score (nSPS) is 11.1. The molecule has 0 aliphatic rings. The van der Waals surface area contributed by atoms with E-state index in [1.165, 1.54) is 18.5 Å². The second-order valence-electron chi connectivity index (χ2n) is 9.11. The van der Waals surface area contributed by atoms with Crippen molar-refractivity contribution in [1.29, 1.82) is 0 Å². The van der Waals surface area contributed by atoms with Crippen molar-refractivity contribution >= 4 is 12.2 Å². The minimum absolute atomic E-state index is 0.485. The van der Waals surface area contributed by atoms with Gasteiger partial charge in [0.2, 0.25) is 5.69 Å². The molecule has 0 unspecified atom stereocenters. The number of hydrogen-bond acceptors (Lipinski definition) is 3. The lowest BCUT2D eigenvalue weighted by atomic mass is 10.1. The highest BCUT2D eigenvalue weighted by atomic mass is 16.5. The molecule has 1 aromatic heterocycles. The van der Waals surface area contributed by atoms with Crippen molar-refractivity contribution in [2.24, 2.45) is 5.73 Å². The summed E-state index contributed by atoms with van der Waals surface area (Å²) in [6, 6.07) is 32.8. The number of rotatable bonds is 14. The zero-order valence-electron chi connectivity index (χ0n) is 21.5. The Labute approximate surface area is 221 Å². The SMILES string of the molecule is NCCCCCC[n+]1ccccc1/C=C/c1ccc(OCc2ccccc2)c(OCc2ccccc2)c1. The molecule has 4 rings (SSSR count). The Hall–Kier alpha value is -3.89. The molecule has 4 aromatic rings. The van der Waals surface area contributed by atoms with Gasteiger partial charge in [-0.1, -0.05) is 73.2 Å². The molecule has 0 bridgehead atoms. The first-order valence-electron chi connectivity index (χ1n) is 13.2. The van der Waals surface area contributed by atoms with Gasteiger partial charge in [0.1, 0.15) is 19.8 Å². The fourth-order valence-corrected chi connectivity index (χ4v) is 4.14. The fourth-order valence-electron chi connectivity index (χ4n) is 4.14. The van der Waals surface area contributed by atoms with E-state index >= 15 is 0 Å². The van der Waals surface area contributed by atoms with Gasteiger partial charge in [0, 0.05) is 24.6 Å². The van der Waals surface area contributed by atoms with E-state index in [2.05, 4.69) is 77.5 Å². The van der Waals surface area contributed by atoms with Crippen LogP contribution in [0.1, 0.15) is 48.1 Å². The molecule has 3 aromatic carbocycles. The molecule has 4 heteroatoms. The summed E-state index contributed by atoms with van der Waals surface area (Å²) in [4.78, 5) is 0. The summed E-state index contributed by atoms with van der Waals surface area (Å²) in [6.07, 6.45) is 11.1. The van der Waals surface area contributed by atoms with Crippen molar-refractivity contribution in [3.05, 3.63) is 126 Å². The van der Waals surface area contributed by atoms with E-state index in [-0.39, 0.29) is 0 Å². The van der Waals surface area contributed by atoms with Crippen molar-refractivity contribution in [3.63, 3.8) is 0 Å². The number of pyridine rings is 1. The summed E-state index contributed by atoms with van der Waals surface area (Å²) in [5, 5.41) is 0. The van der Waals surface area contributed by atoms with Crippen molar-refractivity contribution < 1.29 is 14.0 Å². The van der Waals surface area contributed by atoms with E-state index in [1.807, 2.05) is 42.5 Å². The number of nitrogens with two attached hydrogens (primary N) is 1. The van der Waals surface area contributed by atoms with E-state index < -0.39 is 0 Å². The van der Waals surface area contributed by atoms with Crippen LogP contribution in [0.4, 0.5) is 0 Å². The van der Waals surface area contributed by atoms with Gasteiger partial charge in [-0.2, -0.15) is 4.57 Å². The molecule has 0 aliphatic carbocycles. The van der Waals surface area contributed by atoms with E-state index in [9.17, 15) is 0 Å². The maximum Gasteiger partial charge on any atom is 0.205 e. The molecular weight excluding hydrogens is 456 g/mol. The molecular formula is C33H37N2O2+. The van der Waals surface area contributed by atoms with Gasteiger partial charge in [-0.3, -0.25) is 0 Å². The van der Waals surface area contributed by atoms with Crippen LogP contribution in [0.5, 0.6) is 11.5 Å². The van der Waals surface area contributed by atoms with E-state index in [4.69, 9.17) is 15.2 Å². The average molecular weight is 494 g/mol. The first-order chi connectivity index (χ1) is 18.3. The van der Waals surface area contributed by atoms with Crippen molar-refractivity contribution in [2.75, 3.05) is 6.54 Å². The van der Waals surface area contributed by atoms with Crippen LogP contribution in [0.15, 0.2) is 103 Å². The number of unbranched alkanes of at least 4 members (excludes halogenated alkanes) is 3. The van der Waals surface area contributed by atoms with Crippen molar-refractivity contribution in [1.82, 2.24) is 0 Å². The smallest absolute Gasteiger partial charge is 0.205 e. The maximum atomic E-state index is 6.24. The summed E-state index contributed by atoms with van der Waals surface area (Å²) < 4.78 is 14.7. The van der Waals surface area contributed by atoms with Crippen molar-refractivity contribution in [3.8, 4) is 11.5 Å². The molecule has 2 N–H and O–H groups in total. The summed E-state index contributed by atoms with van der Waals surface area (Å²) >= 11 is 0. The zero-order valence-corrected chi connectivity index (χ0v) is 21.5. The van der Waals surface area contributed by atoms with Crippen LogP contribution in [0.3, 0.4) is 0 Å². The van der Waals surface area contributed by atoms with Gasteiger partial charge in [-0.15, -0.1) is 0 Å². The van der Waals surface area contributed by atoms with E-state index in [0.29, 0.717) is 13.2 Å². The molecule has 0 spiro atoms. The summed E-state index contributed by atoms with van der Waals surface area (Å²) in [6.45, 7) is 2.76. The standard InChI is InChI=1S/C33H37N2O2/c34-22-10-1-2-11-23-35-24-12-9-17-31(35)20-18-28-19-21-32(36-26-29-13-5-3-6-14-29)33(25-28)37-27-30-15-7-4-8-16-30/h3-9,12-21,24-25H,1-2,10-11,22-23,26-27,34H2/q+1/b20-18+. The van der Waals surface area contributed by atoms with Crippen LogP contribution >= 0.6 is 0 Å². The zero-order chi connectivity index (χ0) is 25.5. The summed E-state index contributed by atoms with van der Waals surface area (Å²) in [5.74, 6) is 1.48. The Morgan fingerprint density at radius 2 is 1.27 bits per heavy atom. The molecule has 4 nitrogen and oxygen atoms in total. The minimum atomic E-state index is 0.485. The van der Waals surface area contributed by atoms with Gasteiger partial charge in [-0.05, 0) is 60.4 Å². The largest absolute Gasteiger partial charge is 0.485 e. The molecule has 0 saturated carbocycles. The van der Waals surface area contributed by atoms with Gasteiger partial charge in [0.15, 0.2) is 17.7 Å². The van der Waals surface area contributed by atoms with Gasteiger partial charge >= 0.3 is 0 Å². The molecule has 37 heavy (non-hydrogen) atoms. The predicted molar refractivity (Wildman–Crippen MR) is 151 cm³/mol. The van der Waals surface area contributed by atoms with E-state index in [0.717, 1.165) is 54.1 Å². The third-order valence-electron chi connectivity index (χ3n) is 6.22. The van der Waals surface area contributed by atoms with Gasteiger partial charge in [-0.25, -0.2) is 0 Å². The Morgan fingerprint density at radius 1 is 0.622 bits per heavy atom. The van der Waals surface area contributed by atoms with Crippen LogP contribution in [0, 0.1) is 0 Å². The predicted octanol–water partition coefficient (Wildman–Crippen LogP) is 6.82. The molecule has 0 amide bonds. The van der Waals surface area contributed by atoms with Crippen LogP contribution in [-0.2, 0) is 19.8 Å². The summed E-state index contributed by atoms with van der Waals surface area (Å²) in [7, 11) is 0. The number of aromatic nitrogens is 1. The number of hydrogen-bond donors (Lipinski definition) is 1. The molecule has 0 saturated heterocycles. The molecule has 0 fully saturated rings. The monoisotopic (exact) mass is 493 g/mol. The Kier molecular flexibility index (Phi) is 10.3. The molecule has 0 atom stereocenters. The first kappa shape index (κ1) is 26.2. The molecule has 0 radical (unpaired) electrons. The number of ether oxygens (including phenoxy) is 2.